The molecule has 0 fully saturated rings. The van der Waals surface area contributed by atoms with Crippen LogP contribution in [0.25, 0.3) is 0 Å². The Hall–Kier alpha value is -2.56. The van der Waals surface area contributed by atoms with Crippen molar-refractivity contribution in [3.05, 3.63) is 0 Å². The zero-order chi connectivity index (χ0) is 30.5. The molecule has 0 spiro atoms. The largest absolute Gasteiger partial charge is 1.00 e. The molecule has 1 amide bonds. The quantitative estimate of drug-likeness (QED) is 0.0602. The molecule has 10 nitrogen and oxygen atoms in total. The van der Waals surface area contributed by atoms with Crippen LogP contribution in [0, 0.1) is 82.9 Å². The number of carbonyl (C=O) groups is 3. The summed E-state index contributed by atoms with van der Waals surface area (Å²) in [4.78, 5) is 54.3. The molecule has 0 heterocycles. The second-order valence-corrected chi connectivity index (χ2v) is 8.26. The first-order chi connectivity index (χ1) is 19.0. The van der Waals surface area contributed by atoms with E-state index in [1.54, 1.807) is 6.92 Å². The summed E-state index contributed by atoms with van der Waals surface area (Å²) in [6, 6.07) is 0. The zero-order valence-electron chi connectivity index (χ0n) is 24.4. The summed E-state index contributed by atoms with van der Waals surface area (Å²) in [5, 5.41) is 0. The molecule has 236 valence electrons. The van der Waals surface area contributed by atoms with Crippen LogP contribution in [0.5, 0.6) is 0 Å². The summed E-state index contributed by atoms with van der Waals surface area (Å²) >= 11 is 0. The van der Waals surface area contributed by atoms with Gasteiger partial charge in [-0.05, 0) is 84.4 Å². The Kier molecular flexibility index (Phi) is 36.4. The third-order valence-electron chi connectivity index (χ3n) is 3.58. The number of phosphoric ester groups is 1. The Labute approximate surface area is 311 Å². The van der Waals surface area contributed by atoms with Crippen LogP contribution >= 0.6 is 7.82 Å². The first kappa shape index (κ1) is 46.4. The van der Waals surface area contributed by atoms with Gasteiger partial charge < -0.3 is 34.1 Å². The Morgan fingerprint density at radius 1 is 0.810 bits per heavy atom. The molecule has 13 heteroatoms. The van der Waals surface area contributed by atoms with Gasteiger partial charge in [0, 0.05) is 37.8 Å². The topological polar surface area (TPSA) is 168 Å². The van der Waals surface area contributed by atoms with Gasteiger partial charge in [0.05, 0.1) is 14.4 Å². The van der Waals surface area contributed by atoms with Gasteiger partial charge in [0.2, 0.25) is 5.91 Å². The third-order valence-corrected chi connectivity index (χ3v) is 4.04. The Balaban J connectivity index is -0.0000000482. The van der Waals surface area contributed by atoms with E-state index in [1.807, 2.05) is 0 Å². The van der Waals surface area contributed by atoms with E-state index in [-0.39, 0.29) is 90.0 Å². The zero-order valence-corrected chi connectivity index (χ0v) is 29.3. The van der Waals surface area contributed by atoms with Crippen molar-refractivity contribution in [2.45, 2.75) is 65.4 Å². The summed E-state index contributed by atoms with van der Waals surface area (Å²) in [6.45, 7) is 3.68. The van der Waals surface area contributed by atoms with Gasteiger partial charge in [-0.25, -0.2) is 4.79 Å². The molecule has 0 aliphatic heterocycles. The number of amides is 1. The number of primary amides is 1. The van der Waals surface area contributed by atoms with Crippen LogP contribution in [0.3, 0.4) is 0 Å². The number of carbonyl (C=O) groups excluding carboxylic acids is 3. The maximum absolute atomic E-state index is 11.9. The van der Waals surface area contributed by atoms with Gasteiger partial charge >= 0.3 is 71.1 Å². The van der Waals surface area contributed by atoms with E-state index in [0.29, 0.717) is 6.42 Å². The van der Waals surface area contributed by atoms with Crippen molar-refractivity contribution >= 4 is 25.7 Å². The first-order valence-corrected chi connectivity index (χ1v) is 13.2. The fourth-order valence-corrected chi connectivity index (χ4v) is 2.42. The van der Waals surface area contributed by atoms with E-state index in [0.717, 1.165) is 25.7 Å². The first-order valence-electron chi connectivity index (χ1n) is 11.7. The van der Waals surface area contributed by atoms with Gasteiger partial charge in [0.25, 0.3) is 0 Å². The maximum Gasteiger partial charge on any atom is 1.00 e. The molecule has 42 heavy (non-hydrogen) atoms. The summed E-state index contributed by atoms with van der Waals surface area (Å²) in [5.41, 5.74) is 4.47. The normalized spacial score (nSPS) is 8.60. The van der Waals surface area contributed by atoms with Crippen molar-refractivity contribution in [1.82, 2.24) is 0 Å². The van der Waals surface area contributed by atoms with Crippen molar-refractivity contribution in [2.75, 3.05) is 13.2 Å². The molecule has 0 aromatic heterocycles. The summed E-state index contributed by atoms with van der Waals surface area (Å²) in [6.07, 6.45) is 3.30. The fourth-order valence-electron chi connectivity index (χ4n) is 2.07. The molecular weight excluding hydrogens is 583 g/mol. The average molecular weight is 638 g/mol. The van der Waals surface area contributed by atoms with Crippen LogP contribution in [0.15, 0.2) is 0 Å². The van der Waals surface area contributed by atoms with Crippen LogP contribution in [-0.4, -0.2) is 37.2 Å². The second-order valence-electron chi connectivity index (χ2n) is 7.10. The van der Waals surface area contributed by atoms with Crippen molar-refractivity contribution in [3.8, 4) is 82.9 Å². The molecule has 0 aromatic rings. The van der Waals surface area contributed by atoms with Gasteiger partial charge in [-0.3, -0.25) is 9.59 Å². The smallest absolute Gasteiger partial charge is 0.790 e. The number of esters is 2. The molecule has 0 aliphatic carbocycles. The van der Waals surface area contributed by atoms with Crippen molar-refractivity contribution in [1.29, 1.82) is 0 Å². The molecular formula is C29H54NNa2O9P. The molecule has 2 N–H and O–H groups in total. The molecule has 0 bridgehead atoms. The SMILES string of the molecule is CC#CC#CC#CC#CC#CC#CC#CC(=O)OC[C@@H](COP(=O)([O-])[O-])OC(=O)CCCCCCC.CC(N)=O.[HH].[HH].[HH].[HH].[HH].[HH].[HH].[HH].[HH].[HH].[HH].[HH].[HH].[Na+].[Na+]. The van der Waals surface area contributed by atoms with E-state index in [1.165, 1.54) is 6.92 Å². The standard InChI is InChI=1S/C27H25O8P.C2H5NO.2Na.13H2/c1-3-5-7-9-10-11-12-13-14-15-16-18-19-21-26(28)33-23-25(24-34-36(30,31)32)35-27(29)22-20-17-8-6-4-2;1-2(3)4;;;;;;;;;;;;;;;/h25H,4,6,8,17,20,22-24H2,1-2H3,(H2,30,31,32);1H3,(H2,3,4);;;13*1H/q;;2*+1;;;;;;;;;;;;;/p-2/t25-;;;;;;;;;;;;;;;;/m0................/s1. The van der Waals surface area contributed by atoms with Gasteiger partial charge in [-0.1, -0.05) is 38.5 Å². The summed E-state index contributed by atoms with van der Waals surface area (Å²) < 4.78 is 24.7. The predicted molar refractivity (Wildman–Crippen MR) is 170 cm³/mol. The van der Waals surface area contributed by atoms with Gasteiger partial charge in [0.15, 0.2) is 6.10 Å². The Bertz CT molecular complexity index is 1380. The van der Waals surface area contributed by atoms with Crippen LogP contribution in [0.2, 0.25) is 0 Å². The number of ether oxygens (including phenoxy) is 2. The minimum absolute atomic E-state index is 0. The van der Waals surface area contributed by atoms with E-state index in [9.17, 15) is 28.7 Å². The van der Waals surface area contributed by atoms with E-state index < -0.39 is 39.1 Å². The van der Waals surface area contributed by atoms with Crippen LogP contribution in [0.1, 0.15) is 77.8 Å². The average Bonchev–Trinajstić information content (AvgIpc) is 2.87. The van der Waals surface area contributed by atoms with Crippen LogP contribution in [-0.2, 0) is 32.9 Å². The maximum atomic E-state index is 11.9. The minimum Gasteiger partial charge on any atom is -0.790 e. The van der Waals surface area contributed by atoms with Gasteiger partial charge in [0.1, 0.15) is 6.61 Å². The molecule has 1 atom stereocenters. The number of unbranched alkanes of at least 4 members (excludes halogenated alkanes) is 4. The summed E-state index contributed by atoms with van der Waals surface area (Å²) in [5.74, 6) is 31.5. The minimum atomic E-state index is -5.31. The van der Waals surface area contributed by atoms with E-state index >= 15 is 0 Å². The third kappa shape index (κ3) is 41.9. The molecule has 0 radical (unpaired) electrons. The summed E-state index contributed by atoms with van der Waals surface area (Å²) in [7, 11) is -5.31. The van der Waals surface area contributed by atoms with E-state index in [2.05, 4.69) is 100 Å². The van der Waals surface area contributed by atoms with E-state index in [4.69, 9.17) is 9.47 Å². The van der Waals surface area contributed by atoms with Gasteiger partial charge in [-0.15, -0.1) is 0 Å². The molecule has 0 saturated carbocycles. The monoisotopic (exact) mass is 637 g/mol. The van der Waals surface area contributed by atoms with Crippen LogP contribution < -0.4 is 74.6 Å². The Morgan fingerprint density at radius 3 is 1.71 bits per heavy atom. The van der Waals surface area contributed by atoms with Crippen molar-refractivity contribution < 1.29 is 120 Å². The number of phosphoric acid groups is 1. The molecule has 0 saturated heterocycles. The van der Waals surface area contributed by atoms with Crippen molar-refractivity contribution in [3.63, 3.8) is 0 Å². The molecule has 0 unspecified atom stereocenters. The second kappa shape index (κ2) is 32.9. The number of hydrogen-bond donors (Lipinski definition) is 1. The molecule has 0 rings (SSSR count). The molecule has 0 aromatic carbocycles. The predicted octanol–water partition coefficient (Wildman–Crippen LogP) is -2.61. The van der Waals surface area contributed by atoms with Crippen molar-refractivity contribution in [2.24, 2.45) is 5.73 Å². The van der Waals surface area contributed by atoms with Gasteiger partial charge in [-0.2, -0.15) is 0 Å². The fraction of sp³-hybridized carbons (Fsp3) is 0.414. The molecule has 0 aliphatic rings. The number of nitrogens with two attached hydrogens (primary N) is 1. The Morgan fingerprint density at radius 2 is 1.26 bits per heavy atom. The van der Waals surface area contributed by atoms with Crippen LogP contribution in [0.4, 0.5) is 0 Å². The number of hydrogen-bond acceptors (Lipinski definition) is 9. The number of rotatable bonds is 12.